The van der Waals surface area contributed by atoms with Gasteiger partial charge in [-0.05, 0) is 45.5 Å². The number of nitrogens with zero attached hydrogens (tertiary/aromatic N) is 2. The number of rotatable bonds is 6. The third-order valence-corrected chi connectivity index (χ3v) is 6.53. The van der Waals surface area contributed by atoms with Crippen molar-refractivity contribution < 1.29 is 8.42 Å². The molecule has 0 spiro atoms. The SMILES string of the molecule is CCS(=O)(=O)c1ccccc1N(C)CC1(N(C)C)CCC1. The van der Waals surface area contributed by atoms with E-state index >= 15 is 0 Å². The average molecular weight is 310 g/mol. The van der Waals surface area contributed by atoms with Crippen molar-refractivity contribution >= 4 is 15.5 Å². The van der Waals surface area contributed by atoms with Crippen molar-refractivity contribution in [3.05, 3.63) is 24.3 Å². The van der Waals surface area contributed by atoms with E-state index in [-0.39, 0.29) is 11.3 Å². The number of sulfone groups is 1. The molecule has 2 rings (SSSR count). The Morgan fingerprint density at radius 1 is 1.14 bits per heavy atom. The maximum Gasteiger partial charge on any atom is 0.180 e. The van der Waals surface area contributed by atoms with Crippen molar-refractivity contribution in [3.8, 4) is 0 Å². The van der Waals surface area contributed by atoms with Gasteiger partial charge in [0, 0.05) is 19.1 Å². The van der Waals surface area contributed by atoms with Crippen LogP contribution < -0.4 is 4.90 Å². The van der Waals surface area contributed by atoms with Gasteiger partial charge < -0.3 is 9.80 Å². The Balaban J connectivity index is 2.30. The minimum atomic E-state index is -3.19. The van der Waals surface area contributed by atoms with Crippen LogP contribution in [0, 0.1) is 0 Å². The summed E-state index contributed by atoms with van der Waals surface area (Å²) in [5, 5.41) is 0. The van der Waals surface area contributed by atoms with Gasteiger partial charge in [-0.2, -0.15) is 0 Å². The van der Waals surface area contributed by atoms with Gasteiger partial charge in [-0.3, -0.25) is 0 Å². The fraction of sp³-hybridized carbons (Fsp3) is 0.625. The lowest BCUT2D eigenvalue weighted by molar-refractivity contribution is 0.0682. The van der Waals surface area contributed by atoms with Gasteiger partial charge in [0.05, 0.1) is 16.3 Å². The van der Waals surface area contributed by atoms with Crippen LogP contribution in [0.25, 0.3) is 0 Å². The molecule has 1 aliphatic carbocycles. The molecule has 0 saturated heterocycles. The third kappa shape index (κ3) is 3.09. The van der Waals surface area contributed by atoms with Crippen LogP contribution in [0.5, 0.6) is 0 Å². The zero-order valence-electron chi connectivity index (χ0n) is 13.5. The summed E-state index contributed by atoms with van der Waals surface area (Å²) in [6.07, 6.45) is 3.60. The fourth-order valence-electron chi connectivity index (χ4n) is 3.05. The number of likely N-dealkylation sites (N-methyl/N-ethyl adjacent to an activating group) is 2. The molecule has 1 aliphatic rings. The molecular formula is C16H26N2O2S. The lowest BCUT2D eigenvalue weighted by Gasteiger charge is -2.49. The number of hydrogen-bond donors (Lipinski definition) is 0. The lowest BCUT2D eigenvalue weighted by atomic mass is 9.75. The van der Waals surface area contributed by atoms with E-state index in [1.807, 2.05) is 19.2 Å². The Kier molecular flexibility index (Phi) is 4.63. The van der Waals surface area contributed by atoms with E-state index in [9.17, 15) is 8.42 Å². The maximum absolute atomic E-state index is 12.3. The second kappa shape index (κ2) is 5.97. The molecule has 0 aliphatic heterocycles. The molecule has 1 aromatic rings. The highest BCUT2D eigenvalue weighted by molar-refractivity contribution is 7.91. The first-order chi connectivity index (χ1) is 9.82. The summed E-state index contributed by atoms with van der Waals surface area (Å²) < 4.78 is 24.5. The smallest absolute Gasteiger partial charge is 0.180 e. The van der Waals surface area contributed by atoms with Gasteiger partial charge in [0.25, 0.3) is 0 Å². The van der Waals surface area contributed by atoms with Crippen molar-refractivity contribution in [2.24, 2.45) is 0 Å². The second-order valence-electron chi connectivity index (χ2n) is 6.20. The molecule has 0 N–H and O–H groups in total. The van der Waals surface area contributed by atoms with Gasteiger partial charge >= 0.3 is 0 Å². The van der Waals surface area contributed by atoms with Crippen molar-refractivity contribution in [2.45, 2.75) is 36.6 Å². The van der Waals surface area contributed by atoms with Gasteiger partial charge in [-0.25, -0.2) is 8.42 Å². The highest BCUT2D eigenvalue weighted by Crippen LogP contribution is 2.38. The summed E-state index contributed by atoms with van der Waals surface area (Å²) in [5.74, 6) is 0.136. The fourth-order valence-corrected chi connectivity index (χ4v) is 4.19. The van der Waals surface area contributed by atoms with E-state index < -0.39 is 9.84 Å². The molecule has 118 valence electrons. The Bertz CT molecular complexity index is 592. The van der Waals surface area contributed by atoms with E-state index in [1.165, 1.54) is 19.3 Å². The van der Waals surface area contributed by atoms with Crippen molar-refractivity contribution in [1.29, 1.82) is 0 Å². The molecule has 1 fully saturated rings. The molecular weight excluding hydrogens is 284 g/mol. The van der Waals surface area contributed by atoms with Crippen molar-refractivity contribution in [2.75, 3.05) is 38.3 Å². The quantitative estimate of drug-likeness (QED) is 0.809. The predicted octanol–water partition coefficient (Wildman–Crippen LogP) is 2.40. The summed E-state index contributed by atoms with van der Waals surface area (Å²) in [4.78, 5) is 4.83. The van der Waals surface area contributed by atoms with E-state index in [1.54, 1.807) is 19.1 Å². The molecule has 0 radical (unpaired) electrons. The molecule has 1 saturated carbocycles. The standard InChI is InChI=1S/C16H26N2O2S/c1-5-21(19,20)15-10-7-6-9-14(15)18(4)13-16(17(2)3)11-8-12-16/h6-7,9-10H,5,8,11-13H2,1-4H3. The molecule has 0 aromatic heterocycles. The highest BCUT2D eigenvalue weighted by atomic mass is 32.2. The summed E-state index contributed by atoms with van der Waals surface area (Å²) in [5.41, 5.74) is 0.991. The molecule has 0 heterocycles. The normalized spacial score (nSPS) is 17.6. The maximum atomic E-state index is 12.3. The van der Waals surface area contributed by atoms with Crippen LogP contribution >= 0.6 is 0 Å². The molecule has 4 nitrogen and oxygen atoms in total. The van der Waals surface area contributed by atoms with E-state index in [4.69, 9.17) is 0 Å². The third-order valence-electron chi connectivity index (χ3n) is 4.76. The molecule has 0 atom stereocenters. The molecule has 0 unspecified atom stereocenters. The Hall–Kier alpha value is -1.07. The first-order valence-electron chi connectivity index (χ1n) is 7.53. The largest absolute Gasteiger partial charge is 0.372 e. The Labute approximate surface area is 128 Å². The zero-order chi connectivity index (χ0) is 15.7. The van der Waals surface area contributed by atoms with Crippen LogP contribution in [-0.4, -0.2) is 52.3 Å². The Morgan fingerprint density at radius 2 is 1.76 bits per heavy atom. The van der Waals surface area contributed by atoms with Crippen LogP contribution in [0.1, 0.15) is 26.2 Å². The molecule has 21 heavy (non-hydrogen) atoms. The van der Waals surface area contributed by atoms with Crippen LogP contribution in [-0.2, 0) is 9.84 Å². The highest BCUT2D eigenvalue weighted by Gasteiger charge is 2.40. The van der Waals surface area contributed by atoms with E-state index in [0.717, 1.165) is 12.2 Å². The molecule has 0 amide bonds. The number of para-hydroxylation sites is 1. The summed E-state index contributed by atoms with van der Waals surface area (Å²) in [6.45, 7) is 2.55. The number of benzene rings is 1. The minimum Gasteiger partial charge on any atom is -0.372 e. The van der Waals surface area contributed by atoms with Crippen molar-refractivity contribution in [1.82, 2.24) is 4.90 Å². The van der Waals surface area contributed by atoms with Gasteiger partial charge in [0.15, 0.2) is 9.84 Å². The van der Waals surface area contributed by atoms with Gasteiger partial charge in [0.1, 0.15) is 0 Å². The van der Waals surface area contributed by atoms with Gasteiger partial charge in [-0.15, -0.1) is 0 Å². The first-order valence-corrected chi connectivity index (χ1v) is 9.18. The van der Waals surface area contributed by atoms with Crippen LogP contribution in [0.3, 0.4) is 0 Å². The topological polar surface area (TPSA) is 40.6 Å². The average Bonchev–Trinajstić information content (AvgIpc) is 2.42. The van der Waals surface area contributed by atoms with Gasteiger partial charge in [-0.1, -0.05) is 19.1 Å². The summed E-state index contributed by atoms with van der Waals surface area (Å²) >= 11 is 0. The second-order valence-corrected chi connectivity index (χ2v) is 8.45. The zero-order valence-corrected chi connectivity index (χ0v) is 14.3. The molecule has 1 aromatic carbocycles. The van der Waals surface area contributed by atoms with Crippen LogP contribution in [0.4, 0.5) is 5.69 Å². The lowest BCUT2D eigenvalue weighted by Crippen LogP contribution is -2.56. The van der Waals surface area contributed by atoms with E-state index in [2.05, 4.69) is 23.9 Å². The van der Waals surface area contributed by atoms with Crippen molar-refractivity contribution in [3.63, 3.8) is 0 Å². The van der Waals surface area contributed by atoms with Crippen LogP contribution in [0.15, 0.2) is 29.2 Å². The molecule has 5 heteroatoms. The summed E-state index contributed by atoms with van der Waals surface area (Å²) in [7, 11) is 3.03. The van der Waals surface area contributed by atoms with Crippen LogP contribution in [0.2, 0.25) is 0 Å². The minimum absolute atomic E-state index is 0.136. The van der Waals surface area contributed by atoms with E-state index in [0.29, 0.717) is 4.90 Å². The monoisotopic (exact) mass is 310 g/mol. The predicted molar refractivity (Wildman–Crippen MR) is 87.7 cm³/mol. The number of hydrogen-bond acceptors (Lipinski definition) is 4. The first kappa shape index (κ1) is 16.3. The number of anilines is 1. The Morgan fingerprint density at radius 3 is 2.24 bits per heavy atom. The van der Waals surface area contributed by atoms with Gasteiger partial charge in [0.2, 0.25) is 0 Å². The molecule has 0 bridgehead atoms. The summed E-state index contributed by atoms with van der Waals surface area (Å²) in [6, 6.07) is 7.33.